The topological polar surface area (TPSA) is 30.5 Å². The van der Waals surface area contributed by atoms with Crippen LogP contribution in [-0.4, -0.2) is 26.3 Å². The van der Waals surface area contributed by atoms with Crippen LogP contribution in [0.2, 0.25) is 0 Å². The molecule has 1 aromatic rings. The van der Waals surface area contributed by atoms with Crippen LogP contribution in [-0.2, 0) is 0 Å². The van der Waals surface area contributed by atoms with Crippen LogP contribution in [0.15, 0.2) is 22.7 Å². The van der Waals surface area contributed by atoms with Gasteiger partial charge in [0, 0.05) is 12.6 Å². The maximum atomic E-state index is 5.62. The number of benzene rings is 1. The Kier molecular flexibility index (Phi) is 5.63. The van der Waals surface area contributed by atoms with Gasteiger partial charge in [-0.1, -0.05) is 13.8 Å². The first-order chi connectivity index (χ1) is 7.63. The summed E-state index contributed by atoms with van der Waals surface area (Å²) in [5.41, 5.74) is 0. The molecule has 0 fully saturated rings. The molecular formula is C12H18BrNO2. The summed E-state index contributed by atoms with van der Waals surface area (Å²) in [5, 5.41) is 3.29. The molecule has 0 amide bonds. The van der Waals surface area contributed by atoms with Crippen LogP contribution >= 0.6 is 15.9 Å². The number of ether oxygens (including phenoxy) is 2. The summed E-state index contributed by atoms with van der Waals surface area (Å²) in [7, 11) is 1.65. The monoisotopic (exact) mass is 287 g/mol. The third kappa shape index (κ3) is 4.41. The van der Waals surface area contributed by atoms with Crippen LogP contribution in [0.1, 0.15) is 13.8 Å². The molecule has 0 aliphatic heterocycles. The van der Waals surface area contributed by atoms with Gasteiger partial charge in [0.25, 0.3) is 0 Å². The van der Waals surface area contributed by atoms with Gasteiger partial charge in [-0.2, -0.15) is 0 Å². The number of rotatable bonds is 6. The molecule has 0 radical (unpaired) electrons. The second-order valence-corrected chi connectivity index (χ2v) is 4.61. The van der Waals surface area contributed by atoms with Gasteiger partial charge < -0.3 is 14.8 Å². The van der Waals surface area contributed by atoms with Crippen LogP contribution in [0.3, 0.4) is 0 Å². The summed E-state index contributed by atoms with van der Waals surface area (Å²) in [6.45, 7) is 5.73. The van der Waals surface area contributed by atoms with Gasteiger partial charge in [-0.15, -0.1) is 0 Å². The van der Waals surface area contributed by atoms with Crippen LogP contribution in [0.25, 0.3) is 0 Å². The molecule has 0 aromatic heterocycles. The van der Waals surface area contributed by atoms with Gasteiger partial charge in [0.1, 0.15) is 18.1 Å². The van der Waals surface area contributed by atoms with Gasteiger partial charge >= 0.3 is 0 Å². The van der Waals surface area contributed by atoms with E-state index in [1.807, 2.05) is 18.2 Å². The molecule has 0 atom stereocenters. The van der Waals surface area contributed by atoms with E-state index in [9.17, 15) is 0 Å². The molecule has 0 bridgehead atoms. The van der Waals surface area contributed by atoms with Crippen molar-refractivity contribution >= 4 is 15.9 Å². The van der Waals surface area contributed by atoms with Crippen LogP contribution in [0.4, 0.5) is 0 Å². The van der Waals surface area contributed by atoms with Crippen molar-refractivity contribution in [3.8, 4) is 11.5 Å². The third-order valence-electron chi connectivity index (χ3n) is 2.05. The van der Waals surface area contributed by atoms with Crippen molar-refractivity contribution in [2.45, 2.75) is 19.9 Å². The highest BCUT2D eigenvalue weighted by Gasteiger charge is 2.02. The van der Waals surface area contributed by atoms with E-state index in [0.29, 0.717) is 12.6 Å². The minimum Gasteiger partial charge on any atom is -0.497 e. The van der Waals surface area contributed by atoms with Crippen LogP contribution in [0, 0.1) is 0 Å². The molecule has 0 saturated carbocycles. The smallest absolute Gasteiger partial charge is 0.133 e. The molecule has 3 nitrogen and oxygen atoms in total. The number of nitrogens with one attached hydrogen (secondary N) is 1. The van der Waals surface area contributed by atoms with Gasteiger partial charge in [-0.05, 0) is 34.1 Å². The van der Waals surface area contributed by atoms with Gasteiger partial charge in [0.05, 0.1) is 11.6 Å². The van der Waals surface area contributed by atoms with Crippen molar-refractivity contribution in [2.24, 2.45) is 0 Å². The lowest BCUT2D eigenvalue weighted by Crippen LogP contribution is -2.27. The Morgan fingerprint density at radius 2 is 2.12 bits per heavy atom. The fourth-order valence-corrected chi connectivity index (χ4v) is 1.71. The van der Waals surface area contributed by atoms with Gasteiger partial charge in [0.2, 0.25) is 0 Å². The lowest BCUT2D eigenvalue weighted by atomic mass is 10.3. The van der Waals surface area contributed by atoms with Crippen molar-refractivity contribution in [3.63, 3.8) is 0 Å². The molecule has 1 aromatic carbocycles. The van der Waals surface area contributed by atoms with Gasteiger partial charge in [0.15, 0.2) is 0 Å². The Morgan fingerprint density at radius 3 is 2.69 bits per heavy atom. The van der Waals surface area contributed by atoms with E-state index in [4.69, 9.17) is 9.47 Å². The number of halogens is 1. The fraction of sp³-hybridized carbons (Fsp3) is 0.500. The fourth-order valence-electron chi connectivity index (χ4n) is 1.23. The lowest BCUT2D eigenvalue weighted by Gasteiger charge is -2.11. The van der Waals surface area contributed by atoms with Crippen molar-refractivity contribution in [1.82, 2.24) is 5.32 Å². The summed E-state index contributed by atoms with van der Waals surface area (Å²) in [6.07, 6.45) is 0. The second kappa shape index (κ2) is 6.76. The van der Waals surface area contributed by atoms with Gasteiger partial charge in [-0.3, -0.25) is 0 Å². The molecule has 0 aliphatic rings. The highest BCUT2D eigenvalue weighted by atomic mass is 79.9. The minimum absolute atomic E-state index is 0.489. The van der Waals surface area contributed by atoms with Crippen molar-refractivity contribution in [2.75, 3.05) is 20.3 Å². The van der Waals surface area contributed by atoms with E-state index in [0.717, 1.165) is 22.5 Å². The number of hydrogen-bond acceptors (Lipinski definition) is 3. The highest BCUT2D eigenvalue weighted by Crippen LogP contribution is 2.28. The van der Waals surface area contributed by atoms with Crippen molar-refractivity contribution in [3.05, 3.63) is 22.7 Å². The molecule has 16 heavy (non-hydrogen) atoms. The van der Waals surface area contributed by atoms with E-state index < -0.39 is 0 Å². The zero-order valence-corrected chi connectivity index (χ0v) is 11.5. The maximum Gasteiger partial charge on any atom is 0.133 e. The predicted molar refractivity (Wildman–Crippen MR) is 69.3 cm³/mol. The Balaban J connectivity index is 2.42. The largest absolute Gasteiger partial charge is 0.497 e. The molecule has 0 heterocycles. The molecule has 0 saturated heterocycles. The van der Waals surface area contributed by atoms with Crippen molar-refractivity contribution < 1.29 is 9.47 Å². The number of methoxy groups -OCH3 is 1. The SMILES string of the molecule is COc1ccc(OCCNC(C)C)c(Br)c1. The van der Waals surface area contributed by atoms with Gasteiger partial charge in [-0.25, -0.2) is 0 Å². The highest BCUT2D eigenvalue weighted by molar-refractivity contribution is 9.10. The Morgan fingerprint density at radius 1 is 1.38 bits per heavy atom. The Labute approximate surface area is 105 Å². The summed E-state index contributed by atoms with van der Waals surface area (Å²) in [5.74, 6) is 1.66. The first kappa shape index (κ1) is 13.3. The van der Waals surface area contributed by atoms with E-state index in [1.165, 1.54) is 0 Å². The zero-order valence-electron chi connectivity index (χ0n) is 9.92. The third-order valence-corrected chi connectivity index (χ3v) is 2.67. The molecule has 90 valence electrons. The Bertz CT molecular complexity index is 329. The summed E-state index contributed by atoms with van der Waals surface area (Å²) in [4.78, 5) is 0. The maximum absolute atomic E-state index is 5.62. The molecule has 0 spiro atoms. The summed E-state index contributed by atoms with van der Waals surface area (Å²) in [6, 6.07) is 6.17. The average molecular weight is 288 g/mol. The quantitative estimate of drug-likeness (QED) is 0.816. The predicted octanol–water partition coefficient (Wildman–Crippen LogP) is 2.83. The minimum atomic E-state index is 0.489. The molecule has 0 unspecified atom stereocenters. The van der Waals surface area contributed by atoms with Crippen LogP contribution in [0.5, 0.6) is 11.5 Å². The summed E-state index contributed by atoms with van der Waals surface area (Å²) < 4.78 is 11.6. The normalized spacial score (nSPS) is 10.6. The molecule has 1 rings (SSSR count). The Hall–Kier alpha value is -0.740. The average Bonchev–Trinajstić information content (AvgIpc) is 2.25. The van der Waals surface area contributed by atoms with Crippen molar-refractivity contribution in [1.29, 1.82) is 0 Å². The molecular weight excluding hydrogens is 270 g/mol. The molecule has 1 N–H and O–H groups in total. The second-order valence-electron chi connectivity index (χ2n) is 3.75. The van der Waals surface area contributed by atoms with E-state index in [2.05, 4.69) is 35.1 Å². The van der Waals surface area contributed by atoms with Crippen LogP contribution < -0.4 is 14.8 Å². The van der Waals surface area contributed by atoms with E-state index in [1.54, 1.807) is 7.11 Å². The first-order valence-electron chi connectivity index (χ1n) is 5.33. The summed E-state index contributed by atoms with van der Waals surface area (Å²) >= 11 is 3.44. The zero-order chi connectivity index (χ0) is 12.0. The standard InChI is InChI=1S/C12H18BrNO2/c1-9(2)14-6-7-16-12-5-4-10(15-3)8-11(12)13/h4-5,8-9,14H,6-7H2,1-3H3. The molecule has 4 heteroatoms. The number of hydrogen-bond donors (Lipinski definition) is 1. The first-order valence-corrected chi connectivity index (χ1v) is 6.12. The van der Waals surface area contributed by atoms with E-state index >= 15 is 0 Å². The van der Waals surface area contributed by atoms with E-state index in [-0.39, 0.29) is 0 Å². The molecule has 0 aliphatic carbocycles. The lowest BCUT2D eigenvalue weighted by molar-refractivity contribution is 0.306.